The standard InChI is InChI=1S/C18H20O2/c19-18(9-3-7-17-8-4-12-20-17)16-11-10-14-5-1-2-6-15(14)13-16/h1-2,5-6,10-11,13,17H,3-4,7-9,12H2. The third-order valence-electron chi connectivity index (χ3n) is 4.03. The first kappa shape index (κ1) is 13.3. The summed E-state index contributed by atoms with van der Waals surface area (Å²) in [7, 11) is 0. The molecule has 0 aliphatic carbocycles. The number of ketones is 1. The Bertz CT molecular complexity index is 597. The molecule has 0 saturated carbocycles. The Morgan fingerprint density at radius 1 is 1.15 bits per heavy atom. The Labute approximate surface area is 119 Å². The summed E-state index contributed by atoms with van der Waals surface area (Å²) in [6.07, 6.45) is 5.28. The molecule has 2 aromatic rings. The molecule has 2 nitrogen and oxygen atoms in total. The molecule has 1 atom stereocenters. The highest BCUT2D eigenvalue weighted by Crippen LogP contribution is 2.20. The molecule has 104 valence electrons. The van der Waals surface area contributed by atoms with Crippen LogP contribution < -0.4 is 0 Å². The zero-order valence-electron chi connectivity index (χ0n) is 11.7. The number of Topliss-reactive ketones (excluding diaryl/α,β-unsaturated/α-hetero) is 1. The lowest BCUT2D eigenvalue weighted by atomic mass is 10.0. The first-order valence-electron chi connectivity index (χ1n) is 7.46. The second-order valence-electron chi connectivity index (χ2n) is 5.51. The van der Waals surface area contributed by atoms with Crippen molar-refractivity contribution >= 4 is 16.6 Å². The van der Waals surface area contributed by atoms with Crippen LogP contribution in [0.15, 0.2) is 42.5 Å². The summed E-state index contributed by atoms with van der Waals surface area (Å²) in [5.41, 5.74) is 0.830. The topological polar surface area (TPSA) is 26.3 Å². The average molecular weight is 268 g/mol. The Kier molecular flexibility index (Phi) is 4.12. The third kappa shape index (κ3) is 3.07. The number of rotatable bonds is 5. The molecule has 1 aliphatic heterocycles. The molecule has 0 radical (unpaired) electrons. The fourth-order valence-electron chi connectivity index (χ4n) is 2.87. The highest BCUT2D eigenvalue weighted by molar-refractivity contribution is 5.99. The van der Waals surface area contributed by atoms with Gasteiger partial charge in [0.05, 0.1) is 6.10 Å². The van der Waals surface area contributed by atoms with E-state index in [2.05, 4.69) is 12.1 Å². The van der Waals surface area contributed by atoms with E-state index in [1.54, 1.807) is 0 Å². The van der Waals surface area contributed by atoms with Crippen LogP contribution in [-0.4, -0.2) is 18.5 Å². The summed E-state index contributed by atoms with van der Waals surface area (Å²) < 4.78 is 5.59. The molecule has 2 heteroatoms. The third-order valence-corrected chi connectivity index (χ3v) is 4.03. The summed E-state index contributed by atoms with van der Waals surface area (Å²) in [6, 6.07) is 14.1. The molecule has 3 rings (SSSR count). The second kappa shape index (κ2) is 6.19. The summed E-state index contributed by atoms with van der Waals surface area (Å²) in [6.45, 7) is 0.892. The minimum absolute atomic E-state index is 0.244. The van der Waals surface area contributed by atoms with Crippen LogP contribution in [0.1, 0.15) is 42.5 Å². The Balaban J connectivity index is 1.60. The van der Waals surface area contributed by atoms with Crippen molar-refractivity contribution in [3.63, 3.8) is 0 Å². The zero-order chi connectivity index (χ0) is 13.8. The Morgan fingerprint density at radius 3 is 2.80 bits per heavy atom. The van der Waals surface area contributed by atoms with Crippen molar-refractivity contribution < 1.29 is 9.53 Å². The van der Waals surface area contributed by atoms with Crippen molar-refractivity contribution in [1.82, 2.24) is 0 Å². The fraction of sp³-hybridized carbons (Fsp3) is 0.389. The lowest BCUT2D eigenvalue weighted by Gasteiger charge is -2.08. The summed E-state index contributed by atoms with van der Waals surface area (Å²) in [5, 5.41) is 2.32. The smallest absolute Gasteiger partial charge is 0.162 e. The van der Waals surface area contributed by atoms with E-state index in [1.165, 1.54) is 11.8 Å². The van der Waals surface area contributed by atoms with Crippen LogP contribution in [0.5, 0.6) is 0 Å². The quantitative estimate of drug-likeness (QED) is 0.753. The van der Waals surface area contributed by atoms with E-state index in [0.29, 0.717) is 12.5 Å². The predicted molar refractivity (Wildman–Crippen MR) is 81.1 cm³/mol. The minimum atomic E-state index is 0.244. The molecule has 0 bridgehead atoms. The molecule has 1 heterocycles. The maximum atomic E-state index is 12.2. The molecule has 0 spiro atoms. The van der Waals surface area contributed by atoms with Gasteiger partial charge >= 0.3 is 0 Å². The molecule has 0 N–H and O–H groups in total. The van der Waals surface area contributed by atoms with Crippen LogP contribution in [0.2, 0.25) is 0 Å². The summed E-state index contributed by atoms with van der Waals surface area (Å²) in [5.74, 6) is 0.244. The van der Waals surface area contributed by atoms with Gasteiger partial charge in [0.2, 0.25) is 0 Å². The molecular weight excluding hydrogens is 248 g/mol. The van der Waals surface area contributed by atoms with Crippen LogP contribution in [0.25, 0.3) is 10.8 Å². The molecule has 1 fully saturated rings. The number of hydrogen-bond acceptors (Lipinski definition) is 2. The maximum absolute atomic E-state index is 12.2. The summed E-state index contributed by atoms with van der Waals surface area (Å²) in [4.78, 5) is 12.2. The molecular formula is C18H20O2. The van der Waals surface area contributed by atoms with Crippen molar-refractivity contribution in [3.05, 3.63) is 48.0 Å². The van der Waals surface area contributed by atoms with Crippen molar-refractivity contribution in [2.45, 2.75) is 38.2 Å². The van der Waals surface area contributed by atoms with Crippen molar-refractivity contribution in [1.29, 1.82) is 0 Å². The van der Waals surface area contributed by atoms with Crippen LogP contribution in [-0.2, 0) is 4.74 Å². The van der Waals surface area contributed by atoms with Gasteiger partial charge in [-0.25, -0.2) is 0 Å². The summed E-state index contributed by atoms with van der Waals surface area (Å²) >= 11 is 0. The van der Waals surface area contributed by atoms with E-state index >= 15 is 0 Å². The first-order chi connectivity index (χ1) is 9.83. The normalized spacial score (nSPS) is 18.5. The van der Waals surface area contributed by atoms with Crippen molar-refractivity contribution in [2.24, 2.45) is 0 Å². The van der Waals surface area contributed by atoms with Gasteiger partial charge in [-0.3, -0.25) is 4.79 Å². The average Bonchev–Trinajstić information content (AvgIpc) is 3.00. The maximum Gasteiger partial charge on any atom is 0.162 e. The van der Waals surface area contributed by atoms with Gasteiger partial charge < -0.3 is 4.74 Å². The zero-order valence-corrected chi connectivity index (χ0v) is 11.7. The molecule has 1 saturated heterocycles. The van der Waals surface area contributed by atoms with Gasteiger partial charge in [-0.15, -0.1) is 0 Å². The highest BCUT2D eigenvalue weighted by Gasteiger charge is 2.15. The molecule has 1 aliphatic rings. The van der Waals surface area contributed by atoms with E-state index in [0.717, 1.165) is 36.8 Å². The first-order valence-corrected chi connectivity index (χ1v) is 7.46. The van der Waals surface area contributed by atoms with Gasteiger partial charge in [0.15, 0.2) is 5.78 Å². The van der Waals surface area contributed by atoms with Crippen LogP contribution in [0, 0.1) is 0 Å². The van der Waals surface area contributed by atoms with Crippen LogP contribution in [0.3, 0.4) is 0 Å². The van der Waals surface area contributed by atoms with Gasteiger partial charge in [0.1, 0.15) is 0 Å². The SMILES string of the molecule is O=C(CCCC1CCCO1)c1ccc2ccccc2c1. The van der Waals surface area contributed by atoms with Gasteiger partial charge in [-0.2, -0.15) is 0 Å². The lowest BCUT2D eigenvalue weighted by Crippen LogP contribution is -2.06. The highest BCUT2D eigenvalue weighted by atomic mass is 16.5. The second-order valence-corrected chi connectivity index (χ2v) is 5.51. The fourth-order valence-corrected chi connectivity index (χ4v) is 2.87. The minimum Gasteiger partial charge on any atom is -0.378 e. The van der Waals surface area contributed by atoms with E-state index < -0.39 is 0 Å². The Hall–Kier alpha value is -1.67. The largest absolute Gasteiger partial charge is 0.378 e. The molecule has 20 heavy (non-hydrogen) atoms. The number of benzene rings is 2. The van der Waals surface area contributed by atoms with E-state index in [-0.39, 0.29) is 5.78 Å². The van der Waals surface area contributed by atoms with Crippen molar-refractivity contribution in [2.75, 3.05) is 6.61 Å². The van der Waals surface area contributed by atoms with Gasteiger partial charge in [0, 0.05) is 18.6 Å². The van der Waals surface area contributed by atoms with Crippen LogP contribution >= 0.6 is 0 Å². The molecule has 0 amide bonds. The van der Waals surface area contributed by atoms with Crippen LogP contribution in [0.4, 0.5) is 0 Å². The molecule has 1 unspecified atom stereocenters. The van der Waals surface area contributed by atoms with Gasteiger partial charge in [-0.1, -0.05) is 36.4 Å². The number of carbonyl (C=O) groups is 1. The Morgan fingerprint density at radius 2 is 2.00 bits per heavy atom. The monoisotopic (exact) mass is 268 g/mol. The number of carbonyl (C=O) groups excluding carboxylic acids is 1. The molecule has 0 aromatic heterocycles. The molecule has 2 aromatic carbocycles. The van der Waals surface area contributed by atoms with Crippen molar-refractivity contribution in [3.8, 4) is 0 Å². The number of hydrogen-bond donors (Lipinski definition) is 0. The number of ether oxygens (including phenoxy) is 1. The van der Waals surface area contributed by atoms with E-state index in [4.69, 9.17) is 4.74 Å². The number of fused-ring (bicyclic) bond motifs is 1. The van der Waals surface area contributed by atoms with Gasteiger partial charge in [-0.05, 0) is 42.5 Å². The predicted octanol–water partition coefficient (Wildman–Crippen LogP) is 4.37. The van der Waals surface area contributed by atoms with E-state index in [9.17, 15) is 4.79 Å². The van der Waals surface area contributed by atoms with Gasteiger partial charge in [0.25, 0.3) is 0 Å². The van der Waals surface area contributed by atoms with E-state index in [1.807, 2.05) is 30.3 Å². The lowest BCUT2D eigenvalue weighted by molar-refractivity contribution is 0.0923.